The molecule has 0 N–H and O–H groups in total. The van der Waals surface area contributed by atoms with Crippen molar-refractivity contribution >= 4 is 0 Å². The molecule has 0 heterocycles. The van der Waals surface area contributed by atoms with Crippen LogP contribution < -0.4 is 0 Å². The summed E-state index contributed by atoms with van der Waals surface area (Å²) in [4.78, 5) is 2.30. The lowest BCUT2D eigenvalue weighted by atomic mass is 9.96. The first-order valence-corrected chi connectivity index (χ1v) is 11.5. The van der Waals surface area contributed by atoms with Crippen LogP contribution in [0.4, 0.5) is 13.2 Å². The monoisotopic (exact) mass is 451 g/mol. The van der Waals surface area contributed by atoms with Crippen LogP contribution in [0, 0.1) is 5.92 Å². The van der Waals surface area contributed by atoms with Crippen LogP contribution in [0.15, 0.2) is 71.2 Å². The molecule has 0 radical (unpaired) electrons. The third-order valence-corrected chi connectivity index (χ3v) is 5.64. The summed E-state index contributed by atoms with van der Waals surface area (Å²) in [6, 6.07) is 0. The van der Waals surface area contributed by atoms with Gasteiger partial charge < -0.3 is 9.64 Å². The minimum Gasteiger partial charge on any atom is -0.493 e. The molecule has 0 saturated carbocycles. The number of nitrogens with zero attached hydrogens (tertiary/aromatic N) is 1. The summed E-state index contributed by atoms with van der Waals surface area (Å²) >= 11 is 0. The lowest BCUT2D eigenvalue weighted by Crippen LogP contribution is -2.25. The van der Waals surface area contributed by atoms with Gasteiger partial charge in [-0.1, -0.05) is 43.4 Å². The van der Waals surface area contributed by atoms with E-state index in [9.17, 15) is 13.2 Å². The Morgan fingerprint density at radius 2 is 1.97 bits per heavy atom. The predicted octanol–water partition coefficient (Wildman–Crippen LogP) is 8.28. The van der Waals surface area contributed by atoms with Gasteiger partial charge >= 0.3 is 6.18 Å². The largest absolute Gasteiger partial charge is 0.493 e. The van der Waals surface area contributed by atoms with E-state index in [1.165, 1.54) is 11.8 Å². The van der Waals surface area contributed by atoms with Gasteiger partial charge in [-0.15, -0.1) is 6.58 Å². The molecule has 0 fully saturated rings. The molecule has 1 atom stereocenters. The molecule has 5 heteroatoms. The standard InChI is InChI=1S/C27H40F3NO/c1-7-9-13-24(19-31(6)22(5)12-8-2)18-26(21(3)4)32-20-23-14-10-16-25(17-11-15-23)27(28,29)30/h7,10,12,14-15,17,24H,1,8-9,11,13,16,18-20H2,2-6H3/b14-10?,22-12-,23-15?,25-17+. The van der Waals surface area contributed by atoms with Crippen LogP contribution >= 0.6 is 0 Å². The van der Waals surface area contributed by atoms with E-state index in [-0.39, 0.29) is 12.8 Å². The van der Waals surface area contributed by atoms with Crippen LogP contribution in [0.3, 0.4) is 0 Å². The third kappa shape index (κ3) is 10.4. The maximum atomic E-state index is 12.9. The Hall–Kier alpha value is -2.17. The highest BCUT2D eigenvalue weighted by atomic mass is 19.4. The molecule has 1 rings (SSSR count). The minimum atomic E-state index is -4.26. The normalized spacial score (nSPS) is 17.4. The van der Waals surface area contributed by atoms with Crippen molar-refractivity contribution in [3.8, 4) is 0 Å². The van der Waals surface area contributed by atoms with Crippen molar-refractivity contribution in [2.24, 2.45) is 5.92 Å². The van der Waals surface area contributed by atoms with Crippen LogP contribution in [0.25, 0.3) is 0 Å². The molecule has 0 bridgehead atoms. The van der Waals surface area contributed by atoms with Gasteiger partial charge in [-0.05, 0) is 69.9 Å². The van der Waals surface area contributed by atoms with Crippen LogP contribution in [-0.4, -0.2) is 31.3 Å². The highest BCUT2D eigenvalue weighted by molar-refractivity contribution is 5.27. The van der Waals surface area contributed by atoms with Gasteiger partial charge in [-0.3, -0.25) is 0 Å². The Labute approximate surface area is 192 Å². The smallest absolute Gasteiger partial charge is 0.412 e. The Bertz CT molecular complexity index is 749. The molecule has 32 heavy (non-hydrogen) atoms. The van der Waals surface area contributed by atoms with Crippen molar-refractivity contribution in [1.82, 2.24) is 4.90 Å². The zero-order valence-corrected chi connectivity index (χ0v) is 20.4. The van der Waals surface area contributed by atoms with Crippen molar-refractivity contribution in [1.29, 1.82) is 0 Å². The lowest BCUT2D eigenvalue weighted by molar-refractivity contribution is -0.0931. The first kappa shape index (κ1) is 27.9. The fraction of sp³-hybridized carbons (Fsp3) is 0.556. The highest BCUT2D eigenvalue weighted by Gasteiger charge is 2.32. The first-order chi connectivity index (χ1) is 15.1. The Morgan fingerprint density at radius 3 is 2.56 bits per heavy atom. The van der Waals surface area contributed by atoms with Crippen molar-refractivity contribution in [3.63, 3.8) is 0 Å². The van der Waals surface area contributed by atoms with Gasteiger partial charge in [0.1, 0.15) is 6.61 Å². The number of hydrogen-bond acceptors (Lipinski definition) is 2. The average Bonchev–Trinajstić information content (AvgIpc) is 2.68. The number of allylic oxidation sites excluding steroid dienone is 9. The zero-order valence-electron chi connectivity index (χ0n) is 20.4. The SMILES string of the molecule is C=CCCC(CC(OCC1=CC/C=C(/C(F)(F)F)CC=C1)=C(C)C)CN(C)/C(C)=C\CC. The van der Waals surface area contributed by atoms with Crippen LogP contribution in [0.1, 0.15) is 66.2 Å². The highest BCUT2D eigenvalue weighted by Crippen LogP contribution is 2.30. The molecule has 2 nitrogen and oxygen atoms in total. The van der Waals surface area contributed by atoms with Crippen molar-refractivity contribution in [2.45, 2.75) is 72.4 Å². The summed E-state index contributed by atoms with van der Waals surface area (Å²) in [7, 11) is 2.12. The summed E-state index contributed by atoms with van der Waals surface area (Å²) in [5.74, 6) is 1.38. The Morgan fingerprint density at radius 1 is 1.25 bits per heavy atom. The number of hydrogen-bond donors (Lipinski definition) is 0. The zero-order chi connectivity index (χ0) is 24.1. The molecular weight excluding hydrogens is 411 g/mol. The molecule has 1 aliphatic rings. The Balaban J connectivity index is 2.83. The molecule has 0 aromatic heterocycles. The van der Waals surface area contributed by atoms with E-state index in [2.05, 4.69) is 38.5 Å². The summed E-state index contributed by atoms with van der Waals surface area (Å²) in [5.41, 5.74) is 2.82. The maximum absolute atomic E-state index is 12.9. The van der Waals surface area contributed by atoms with Gasteiger partial charge in [0, 0.05) is 31.3 Å². The summed E-state index contributed by atoms with van der Waals surface area (Å²) in [5, 5.41) is 0. The summed E-state index contributed by atoms with van der Waals surface area (Å²) < 4.78 is 45.0. The topological polar surface area (TPSA) is 12.5 Å². The van der Waals surface area contributed by atoms with Crippen LogP contribution in [0.5, 0.6) is 0 Å². The van der Waals surface area contributed by atoms with E-state index < -0.39 is 11.7 Å². The maximum Gasteiger partial charge on any atom is 0.412 e. The molecule has 0 aliphatic heterocycles. The van der Waals surface area contributed by atoms with E-state index >= 15 is 0 Å². The van der Waals surface area contributed by atoms with E-state index in [4.69, 9.17) is 4.74 Å². The fourth-order valence-corrected chi connectivity index (χ4v) is 3.61. The molecule has 1 aliphatic carbocycles. The molecule has 1 unspecified atom stereocenters. The van der Waals surface area contributed by atoms with Crippen molar-refractivity contribution in [3.05, 3.63) is 71.2 Å². The molecule has 0 spiro atoms. The van der Waals surface area contributed by atoms with E-state index in [1.807, 2.05) is 26.0 Å². The van der Waals surface area contributed by atoms with Crippen molar-refractivity contribution in [2.75, 3.05) is 20.2 Å². The van der Waals surface area contributed by atoms with Gasteiger partial charge in [-0.25, -0.2) is 0 Å². The average molecular weight is 452 g/mol. The predicted molar refractivity (Wildman–Crippen MR) is 129 cm³/mol. The van der Waals surface area contributed by atoms with Gasteiger partial charge in [-0.2, -0.15) is 13.2 Å². The molecule has 0 saturated heterocycles. The number of ether oxygens (including phenoxy) is 1. The van der Waals surface area contributed by atoms with Gasteiger partial charge in [0.25, 0.3) is 0 Å². The quantitative estimate of drug-likeness (QED) is 0.219. The Kier molecular flexibility index (Phi) is 12.3. The molecular formula is C27H40F3NO. The van der Waals surface area contributed by atoms with Crippen LogP contribution in [0.2, 0.25) is 0 Å². The lowest BCUT2D eigenvalue weighted by Gasteiger charge is -2.27. The second kappa shape index (κ2) is 14.1. The molecule has 0 amide bonds. The molecule has 0 aromatic rings. The molecule has 0 aromatic carbocycles. The van der Waals surface area contributed by atoms with E-state index in [0.717, 1.165) is 49.1 Å². The second-order valence-corrected chi connectivity index (χ2v) is 8.63. The number of alkyl halides is 3. The second-order valence-electron chi connectivity index (χ2n) is 8.63. The number of halogens is 3. The van der Waals surface area contributed by atoms with Crippen molar-refractivity contribution < 1.29 is 17.9 Å². The van der Waals surface area contributed by atoms with Gasteiger partial charge in [0.05, 0.1) is 5.76 Å². The van der Waals surface area contributed by atoms with E-state index in [0.29, 0.717) is 12.5 Å². The molecule has 180 valence electrons. The van der Waals surface area contributed by atoms with E-state index in [1.54, 1.807) is 12.2 Å². The van der Waals surface area contributed by atoms with Gasteiger partial charge in [0.2, 0.25) is 0 Å². The summed E-state index contributed by atoms with van der Waals surface area (Å²) in [6.45, 7) is 13.5. The minimum absolute atomic E-state index is 0.100. The summed E-state index contributed by atoms with van der Waals surface area (Å²) in [6.07, 6.45) is 10.3. The number of rotatable bonds is 12. The third-order valence-electron chi connectivity index (χ3n) is 5.64. The van der Waals surface area contributed by atoms with Gasteiger partial charge in [0.15, 0.2) is 0 Å². The van der Waals surface area contributed by atoms with Crippen LogP contribution in [-0.2, 0) is 4.74 Å². The first-order valence-electron chi connectivity index (χ1n) is 11.5. The fourth-order valence-electron chi connectivity index (χ4n) is 3.61.